The number of hydrogen-bond donors (Lipinski definition) is 2. The Bertz CT molecular complexity index is 230. The number of nitrogens with one attached hydrogen (secondary N) is 1. The van der Waals surface area contributed by atoms with Crippen LogP contribution >= 0.6 is 0 Å². The van der Waals surface area contributed by atoms with Crippen molar-refractivity contribution < 1.29 is 9.59 Å². The molecule has 1 unspecified atom stereocenters. The van der Waals surface area contributed by atoms with E-state index in [9.17, 15) is 9.59 Å². The lowest BCUT2D eigenvalue weighted by Crippen LogP contribution is -2.45. The Hall–Kier alpha value is -1.10. The summed E-state index contributed by atoms with van der Waals surface area (Å²) in [5.41, 5.74) is 5.10. The van der Waals surface area contributed by atoms with E-state index >= 15 is 0 Å². The fourth-order valence-electron chi connectivity index (χ4n) is 1.84. The minimum atomic E-state index is -0.331. The standard InChI is InChI=1S/C9H17N3O2/c1-11-9(14)7-3-2-4-12(5-7)6-8(10)13/h7H,2-6H2,1H3,(H2,10,13)(H,11,14). The van der Waals surface area contributed by atoms with E-state index in [0.29, 0.717) is 6.54 Å². The highest BCUT2D eigenvalue weighted by atomic mass is 16.2. The van der Waals surface area contributed by atoms with Crippen LogP contribution in [0.4, 0.5) is 0 Å². The summed E-state index contributed by atoms with van der Waals surface area (Å²) in [7, 11) is 1.63. The molecule has 0 aromatic heterocycles. The van der Waals surface area contributed by atoms with E-state index in [1.807, 2.05) is 4.90 Å². The highest BCUT2D eigenvalue weighted by molar-refractivity contribution is 5.79. The van der Waals surface area contributed by atoms with Gasteiger partial charge in [0.2, 0.25) is 11.8 Å². The molecule has 80 valence electrons. The molecule has 0 saturated carbocycles. The Balaban J connectivity index is 2.43. The van der Waals surface area contributed by atoms with Crippen molar-refractivity contribution in [2.45, 2.75) is 12.8 Å². The largest absolute Gasteiger partial charge is 0.369 e. The van der Waals surface area contributed by atoms with Crippen molar-refractivity contribution in [3.63, 3.8) is 0 Å². The summed E-state index contributed by atoms with van der Waals surface area (Å²) in [5.74, 6) is -0.269. The van der Waals surface area contributed by atoms with E-state index in [0.717, 1.165) is 19.4 Å². The summed E-state index contributed by atoms with van der Waals surface area (Å²) in [5, 5.41) is 2.63. The lowest BCUT2D eigenvalue weighted by molar-refractivity contribution is -0.127. The van der Waals surface area contributed by atoms with Crippen LogP contribution in [0.15, 0.2) is 0 Å². The number of primary amides is 1. The van der Waals surface area contributed by atoms with Crippen molar-refractivity contribution >= 4 is 11.8 Å². The number of piperidine rings is 1. The number of amides is 2. The Morgan fingerprint density at radius 1 is 1.57 bits per heavy atom. The van der Waals surface area contributed by atoms with Crippen LogP contribution in [0.2, 0.25) is 0 Å². The third-order valence-corrected chi connectivity index (χ3v) is 2.50. The van der Waals surface area contributed by atoms with E-state index < -0.39 is 0 Å². The first-order valence-electron chi connectivity index (χ1n) is 4.85. The van der Waals surface area contributed by atoms with E-state index in [2.05, 4.69) is 5.32 Å². The van der Waals surface area contributed by atoms with E-state index in [4.69, 9.17) is 5.73 Å². The monoisotopic (exact) mass is 199 g/mol. The molecule has 5 heteroatoms. The summed E-state index contributed by atoms with van der Waals surface area (Å²) >= 11 is 0. The molecule has 14 heavy (non-hydrogen) atoms. The Morgan fingerprint density at radius 3 is 2.86 bits per heavy atom. The summed E-state index contributed by atoms with van der Waals surface area (Å²) in [4.78, 5) is 24.0. The topological polar surface area (TPSA) is 75.4 Å². The number of carbonyl (C=O) groups is 2. The predicted octanol–water partition coefficient (Wildman–Crippen LogP) is -1.07. The molecule has 2 amide bonds. The molecule has 0 aliphatic carbocycles. The average Bonchev–Trinajstić information content (AvgIpc) is 2.16. The van der Waals surface area contributed by atoms with Crippen LogP contribution in [-0.2, 0) is 9.59 Å². The van der Waals surface area contributed by atoms with Gasteiger partial charge in [0.15, 0.2) is 0 Å². The van der Waals surface area contributed by atoms with Gasteiger partial charge in [-0.05, 0) is 19.4 Å². The lowest BCUT2D eigenvalue weighted by atomic mass is 9.97. The highest BCUT2D eigenvalue weighted by Crippen LogP contribution is 2.15. The van der Waals surface area contributed by atoms with Crippen LogP contribution < -0.4 is 11.1 Å². The maximum atomic E-state index is 11.3. The molecule has 5 nitrogen and oxygen atoms in total. The van der Waals surface area contributed by atoms with E-state index in [1.54, 1.807) is 7.05 Å². The third kappa shape index (κ3) is 2.99. The van der Waals surface area contributed by atoms with Crippen LogP contribution in [0.1, 0.15) is 12.8 Å². The average molecular weight is 199 g/mol. The molecule has 3 N–H and O–H groups in total. The van der Waals surface area contributed by atoms with Gasteiger partial charge in [-0.25, -0.2) is 0 Å². The molecule has 1 fully saturated rings. The molecule has 1 rings (SSSR count). The van der Waals surface area contributed by atoms with Gasteiger partial charge in [-0.1, -0.05) is 0 Å². The second-order valence-electron chi connectivity index (χ2n) is 3.65. The fourth-order valence-corrected chi connectivity index (χ4v) is 1.84. The van der Waals surface area contributed by atoms with Gasteiger partial charge in [0, 0.05) is 13.6 Å². The molecule has 1 aliphatic heterocycles. The van der Waals surface area contributed by atoms with Crippen molar-refractivity contribution in [2.24, 2.45) is 11.7 Å². The van der Waals surface area contributed by atoms with Gasteiger partial charge in [-0.3, -0.25) is 14.5 Å². The zero-order valence-electron chi connectivity index (χ0n) is 8.45. The molecule has 0 radical (unpaired) electrons. The van der Waals surface area contributed by atoms with E-state index in [1.165, 1.54) is 0 Å². The van der Waals surface area contributed by atoms with Gasteiger partial charge in [0.1, 0.15) is 0 Å². The molecule has 1 atom stereocenters. The Morgan fingerprint density at radius 2 is 2.29 bits per heavy atom. The second kappa shape index (κ2) is 4.95. The predicted molar refractivity (Wildman–Crippen MR) is 52.4 cm³/mol. The minimum Gasteiger partial charge on any atom is -0.369 e. The first-order valence-corrected chi connectivity index (χ1v) is 4.85. The number of likely N-dealkylation sites (tertiary alicyclic amines) is 1. The van der Waals surface area contributed by atoms with Gasteiger partial charge in [0.05, 0.1) is 12.5 Å². The van der Waals surface area contributed by atoms with Crippen LogP contribution in [0, 0.1) is 5.92 Å². The van der Waals surface area contributed by atoms with Crippen LogP contribution in [0.3, 0.4) is 0 Å². The third-order valence-electron chi connectivity index (χ3n) is 2.50. The molecule has 0 bridgehead atoms. The maximum Gasteiger partial charge on any atom is 0.231 e. The van der Waals surface area contributed by atoms with Crippen LogP contribution in [-0.4, -0.2) is 43.4 Å². The number of nitrogens with two attached hydrogens (primary N) is 1. The fraction of sp³-hybridized carbons (Fsp3) is 0.778. The van der Waals surface area contributed by atoms with Gasteiger partial charge >= 0.3 is 0 Å². The zero-order valence-corrected chi connectivity index (χ0v) is 8.45. The molecule has 1 aliphatic rings. The Labute approximate surface area is 83.6 Å². The quantitative estimate of drug-likeness (QED) is 0.607. The van der Waals surface area contributed by atoms with Crippen molar-refractivity contribution in [2.75, 3.05) is 26.7 Å². The molecule has 0 spiro atoms. The second-order valence-corrected chi connectivity index (χ2v) is 3.65. The molecule has 1 saturated heterocycles. The van der Waals surface area contributed by atoms with Crippen LogP contribution in [0.5, 0.6) is 0 Å². The SMILES string of the molecule is CNC(=O)C1CCCN(CC(N)=O)C1. The molecular weight excluding hydrogens is 182 g/mol. The van der Waals surface area contributed by atoms with E-state index in [-0.39, 0.29) is 24.3 Å². The maximum absolute atomic E-state index is 11.3. The number of rotatable bonds is 3. The number of hydrogen-bond acceptors (Lipinski definition) is 3. The summed E-state index contributed by atoms with van der Waals surface area (Å²) in [6.45, 7) is 1.76. The van der Waals surface area contributed by atoms with Gasteiger partial charge in [-0.2, -0.15) is 0 Å². The Kier molecular flexibility index (Phi) is 3.88. The molecule has 0 aromatic carbocycles. The smallest absolute Gasteiger partial charge is 0.231 e. The van der Waals surface area contributed by atoms with Crippen molar-refractivity contribution in [3.05, 3.63) is 0 Å². The number of carbonyl (C=O) groups excluding carboxylic acids is 2. The lowest BCUT2D eigenvalue weighted by Gasteiger charge is -2.30. The zero-order chi connectivity index (χ0) is 10.6. The summed E-state index contributed by atoms with van der Waals surface area (Å²) in [6, 6.07) is 0. The van der Waals surface area contributed by atoms with Crippen molar-refractivity contribution in [1.29, 1.82) is 0 Å². The van der Waals surface area contributed by atoms with Crippen molar-refractivity contribution in [3.8, 4) is 0 Å². The molecule has 1 heterocycles. The molecule has 0 aromatic rings. The van der Waals surface area contributed by atoms with Crippen molar-refractivity contribution in [1.82, 2.24) is 10.2 Å². The first-order chi connectivity index (χ1) is 6.63. The van der Waals surface area contributed by atoms with Gasteiger partial charge in [-0.15, -0.1) is 0 Å². The highest BCUT2D eigenvalue weighted by Gasteiger charge is 2.25. The first kappa shape index (κ1) is 11.0. The normalized spacial score (nSPS) is 23.1. The minimum absolute atomic E-state index is 0.00750. The van der Waals surface area contributed by atoms with Gasteiger partial charge < -0.3 is 11.1 Å². The summed E-state index contributed by atoms with van der Waals surface area (Å²) in [6.07, 6.45) is 1.85. The van der Waals surface area contributed by atoms with Gasteiger partial charge in [0.25, 0.3) is 0 Å². The van der Waals surface area contributed by atoms with Crippen LogP contribution in [0.25, 0.3) is 0 Å². The molecular formula is C9H17N3O2. The summed E-state index contributed by atoms with van der Waals surface area (Å²) < 4.78 is 0. The number of nitrogens with zero attached hydrogens (tertiary/aromatic N) is 1.